The van der Waals surface area contributed by atoms with Crippen LogP contribution in [0, 0.1) is 20.8 Å². The van der Waals surface area contributed by atoms with E-state index in [1.807, 2.05) is 25.5 Å². The first-order chi connectivity index (χ1) is 9.11. The first-order valence-electron chi connectivity index (χ1n) is 6.68. The molecule has 6 heteroatoms. The van der Waals surface area contributed by atoms with Crippen LogP contribution in [0.2, 0.25) is 0 Å². The normalized spacial score (nSPS) is 18.6. The third-order valence-electron chi connectivity index (χ3n) is 3.58. The summed E-state index contributed by atoms with van der Waals surface area (Å²) in [5, 5.41) is 7.88. The van der Waals surface area contributed by atoms with Crippen LogP contribution < -0.4 is 5.32 Å². The quantitative estimate of drug-likeness (QED) is 0.901. The van der Waals surface area contributed by atoms with E-state index in [0.29, 0.717) is 12.6 Å². The van der Waals surface area contributed by atoms with Gasteiger partial charge in [-0.1, -0.05) is 0 Å². The van der Waals surface area contributed by atoms with Crippen molar-refractivity contribution in [3.8, 4) is 0 Å². The topological polar surface area (TPSA) is 68.8 Å². The summed E-state index contributed by atoms with van der Waals surface area (Å²) in [4.78, 5) is 8.79. The van der Waals surface area contributed by atoms with Crippen molar-refractivity contribution in [1.29, 1.82) is 0 Å². The van der Waals surface area contributed by atoms with Gasteiger partial charge in [0.2, 0.25) is 5.89 Å². The molecule has 0 amide bonds. The molecule has 0 bridgehead atoms. The number of fused-ring (bicyclic) bond motifs is 1. The van der Waals surface area contributed by atoms with Crippen molar-refractivity contribution < 1.29 is 4.42 Å². The predicted octanol–water partition coefficient (Wildman–Crippen LogP) is 1.30. The van der Waals surface area contributed by atoms with Gasteiger partial charge in [-0.25, -0.2) is 14.6 Å². The zero-order valence-corrected chi connectivity index (χ0v) is 11.6. The van der Waals surface area contributed by atoms with Crippen molar-refractivity contribution in [2.45, 2.75) is 52.7 Å². The van der Waals surface area contributed by atoms with Gasteiger partial charge in [0.15, 0.2) is 0 Å². The minimum atomic E-state index is 0.404. The molecule has 6 nitrogen and oxygen atoms in total. The van der Waals surface area contributed by atoms with Crippen LogP contribution in [0.15, 0.2) is 4.42 Å². The Kier molecular flexibility index (Phi) is 3.10. The first-order valence-corrected chi connectivity index (χ1v) is 6.68. The van der Waals surface area contributed by atoms with Crippen molar-refractivity contribution >= 4 is 0 Å². The highest BCUT2D eigenvalue weighted by molar-refractivity contribution is 5.05. The van der Waals surface area contributed by atoms with Crippen LogP contribution in [0.5, 0.6) is 0 Å². The molecule has 0 saturated carbocycles. The minimum Gasteiger partial charge on any atom is -0.444 e. The van der Waals surface area contributed by atoms with E-state index in [1.54, 1.807) is 0 Å². The Hall–Kier alpha value is -1.69. The van der Waals surface area contributed by atoms with Gasteiger partial charge in [0.1, 0.15) is 17.4 Å². The van der Waals surface area contributed by atoms with E-state index in [2.05, 4.69) is 20.4 Å². The van der Waals surface area contributed by atoms with Crippen LogP contribution in [0.4, 0.5) is 0 Å². The summed E-state index contributed by atoms with van der Waals surface area (Å²) in [6.45, 7) is 7.38. The zero-order valence-electron chi connectivity index (χ0n) is 11.6. The summed E-state index contributed by atoms with van der Waals surface area (Å²) in [5.41, 5.74) is 0.967. The molecule has 3 rings (SSSR count). The second kappa shape index (κ2) is 4.77. The van der Waals surface area contributed by atoms with E-state index in [4.69, 9.17) is 4.42 Å². The number of aryl methyl sites for hydroxylation is 4. The molecular formula is C13H19N5O. The maximum atomic E-state index is 5.57. The summed E-state index contributed by atoms with van der Waals surface area (Å²) in [5.74, 6) is 3.61. The fraction of sp³-hybridized carbons (Fsp3) is 0.615. The number of nitrogens with zero attached hydrogens (tertiary/aromatic N) is 4. The van der Waals surface area contributed by atoms with Gasteiger partial charge in [-0.2, -0.15) is 5.10 Å². The number of hydrogen-bond donors (Lipinski definition) is 1. The van der Waals surface area contributed by atoms with Gasteiger partial charge < -0.3 is 9.73 Å². The molecule has 1 aliphatic heterocycles. The number of rotatable bonds is 3. The molecule has 1 N–H and O–H groups in total. The van der Waals surface area contributed by atoms with Crippen LogP contribution in [-0.4, -0.2) is 25.8 Å². The van der Waals surface area contributed by atoms with E-state index in [9.17, 15) is 0 Å². The lowest BCUT2D eigenvalue weighted by atomic mass is 10.1. The fourth-order valence-electron chi connectivity index (χ4n) is 2.45. The second-order valence-corrected chi connectivity index (χ2v) is 5.12. The molecule has 1 atom stereocenters. The van der Waals surface area contributed by atoms with Gasteiger partial charge in [-0.05, 0) is 27.2 Å². The van der Waals surface area contributed by atoms with Crippen molar-refractivity contribution in [2.75, 3.05) is 0 Å². The molecule has 0 saturated heterocycles. The Morgan fingerprint density at radius 3 is 2.89 bits per heavy atom. The summed E-state index contributed by atoms with van der Waals surface area (Å²) in [6, 6.07) is 0.404. The average molecular weight is 261 g/mol. The van der Waals surface area contributed by atoms with E-state index < -0.39 is 0 Å². The molecule has 0 spiro atoms. The second-order valence-electron chi connectivity index (χ2n) is 5.12. The van der Waals surface area contributed by atoms with E-state index in [1.165, 1.54) is 0 Å². The van der Waals surface area contributed by atoms with Gasteiger partial charge in [0.05, 0.1) is 18.8 Å². The average Bonchev–Trinajstić information content (AvgIpc) is 2.88. The van der Waals surface area contributed by atoms with Gasteiger partial charge in [-0.15, -0.1) is 0 Å². The monoisotopic (exact) mass is 261 g/mol. The number of aromatic nitrogens is 4. The Labute approximate surface area is 112 Å². The van der Waals surface area contributed by atoms with Gasteiger partial charge in [-0.3, -0.25) is 0 Å². The van der Waals surface area contributed by atoms with Gasteiger partial charge in [0.25, 0.3) is 0 Å². The Bertz CT molecular complexity index is 566. The Morgan fingerprint density at radius 2 is 2.16 bits per heavy atom. The van der Waals surface area contributed by atoms with Crippen molar-refractivity contribution in [3.05, 3.63) is 29.0 Å². The molecule has 3 heterocycles. The first kappa shape index (κ1) is 12.3. The van der Waals surface area contributed by atoms with Crippen molar-refractivity contribution in [3.63, 3.8) is 0 Å². The van der Waals surface area contributed by atoms with Crippen LogP contribution in [0.3, 0.4) is 0 Å². The van der Waals surface area contributed by atoms with Gasteiger partial charge in [0, 0.05) is 12.5 Å². The van der Waals surface area contributed by atoms with E-state index >= 15 is 0 Å². The highest BCUT2D eigenvalue weighted by atomic mass is 16.4. The lowest BCUT2D eigenvalue weighted by Gasteiger charge is -2.22. The molecule has 0 aromatic carbocycles. The highest BCUT2D eigenvalue weighted by Gasteiger charge is 2.20. The largest absolute Gasteiger partial charge is 0.444 e. The number of nitrogens with one attached hydrogen (secondary N) is 1. The minimum absolute atomic E-state index is 0.404. The third kappa shape index (κ3) is 2.53. The van der Waals surface area contributed by atoms with Crippen molar-refractivity contribution in [2.24, 2.45) is 0 Å². The van der Waals surface area contributed by atoms with Crippen LogP contribution in [0.1, 0.15) is 35.4 Å². The van der Waals surface area contributed by atoms with Crippen LogP contribution >= 0.6 is 0 Å². The molecule has 0 aliphatic carbocycles. The standard InChI is InChI=1S/C13H19N5O/c1-8-9(2)19-13(15-8)6-14-11-4-5-12-16-10(3)17-18(12)7-11/h11,14H,4-7H2,1-3H3/t11-/m0/s1. The molecule has 0 radical (unpaired) electrons. The summed E-state index contributed by atoms with van der Waals surface area (Å²) in [7, 11) is 0. The van der Waals surface area contributed by atoms with Crippen molar-refractivity contribution in [1.82, 2.24) is 25.1 Å². The van der Waals surface area contributed by atoms with Crippen LogP contribution in [-0.2, 0) is 19.5 Å². The molecule has 102 valence electrons. The molecule has 0 unspecified atom stereocenters. The molecule has 2 aromatic rings. The maximum Gasteiger partial charge on any atom is 0.208 e. The van der Waals surface area contributed by atoms with Crippen LogP contribution in [0.25, 0.3) is 0 Å². The third-order valence-corrected chi connectivity index (χ3v) is 3.58. The zero-order chi connectivity index (χ0) is 13.4. The summed E-state index contributed by atoms with van der Waals surface area (Å²) in [6.07, 6.45) is 2.05. The number of oxazole rings is 1. The fourth-order valence-corrected chi connectivity index (χ4v) is 2.45. The molecule has 1 aliphatic rings. The van der Waals surface area contributed by atoms with Gasteiger partial charge >= 0.3 is 0 Å². The Balaban J connectivity index is 1.60. The summed E-state index contributed by atoms with van der Waals surface area (Å²) < 4.78 is 7.57. The molecule has 19 heavy (non-hydrogen) atoms. The van der Waals surface area contributed by atoms with E-state index in [0.717, 1.165) is 48.4 Å². The maximum absolute atomic E-state index is 5.57. The number of hydrogen-bond acceptors (Lipinski definition) is 5. The molecular weight excluding hydrogens is 242 g/mol. The smallest absolute Gasteiger partial charge is 0.208 e. The molecule has 0 fully saturated rings. The SMILES string of the molecule is Cc1nc2n(n1)C[C@@H](NCc1nc(C)c(C)o1)CC2. The lowest BCUT2D eigenvalue weighted by Crippen LogP contribution is -2.37. The molecule has 2 aromatic heterocycles. The Morgan fingerprint density at radius 1 is 1.32 bits per heavy atom. The van der Waals surface area contributed by atoms with E-state index in [-0.39, 0.29) is 0 Å². The predicted molar refractivity (Wildman–Crippen MR) is 69.7 cm³/mol. The lowest BCUT2D eigenvalue weighted by molar-refractivity contribution is 0.339. The highest BCUT2D eigenvalue weighted by Crippen LogP contribution is 2.14. The summed E-state index contributed by atoms with van der Waals surface area (Å²) >= 11 is 0.